The van der Waals surface area contributed by atoms with Crippen LogP contribution in [0.25, 0.3) is 10.9 Å². The Morgan fingerprint density at radius 1 is 0.931 bits per heavy atom. The van der Waals surface area contributed by atoms with Gasteiger partial charge in [-0.1, -0.05) is 42.5 Å². The summed E-state index contributed by atoms with van der Waals surface area (Å²) in [6.07, 6.45) is -2.43. The molecule has 0 amide bonds. The third-order valence-corrected chi connectivity index (χ3v) is 5.67. The molecule has 0 aliphatic carbocycles. The zero-order chi connectivity index (χ0) is 20.3. The molecule has 3 aromatic rings. The van der Waals surface area contributed by atoms with Crippen LogP contribution in [0.3, 0.4) is 0 Å². The molecule has 3 nitrogen and oxygen atoms in total. The lowest BCUT2D eigenvalue weighted by atomic mass is 9.74. The summed E-state index contributed by atoms with van der Waals surface area (Å²) < 4.78 is 45.6. The van der Waals surface area contributed by atoms with Crippen molar-refractivity contribution in [2.75, 3.05) is 19.7 Å². The molecule has 1 aliphatic heterocycles. The molecule has 0 radical (unpaired) electrons. The number of rotatable bonds is 5. The van der Waals surface area contributed by atoms with E-state index in [2.05, 4.69) is 22.4 Å². The summed E-state index contributed by atoms with van der Waals surface area (Å²) in [4.78, 5) is 4.39. The summed E-state index contributed by atoms with van der Waals surface area (Å²) >= 11 is 0. The Balaban J connectivity index is 1.50. The number of nitrogens with zero attached hydrogens (tertiary/aromatic N) is 1. The second kappa shape index (κ2) is 8.13. The van der Waals surface area contributed by atoms with E-state index in [1.807, 2.05) is 18.2 Å². The van der Waals surface area contributed by atoms with Crippen molar-refractivity contribution < 1.29 is 17.9 Å². The van der Waals surface area contributed by atoms with E-state index in [1.54, 1.807) is 12.1 Å². The monoisotopic (exact) mass is 400 g/mol. The van der Waals surface area contributed by atoms with Gasteiger partial charge in [-0.15, -0.1) is 0 Å². The van der Waals surface area contributed by atoms with E-state index in [0.29, 0.717) is 17.8 Å². The summed E-state index contributed by atoms with van der Waals surface area (Å²) in [5.74, 6) is 0. The predicted octanol–water partition coefficient (Wildman–Crippen LogP) is 5.09. The van der Waals surface area contributed by atoms with Gasteiger partial charge in [-0.3, -0.25) is 4.98 Å². The number of aromatic nitrogens is 1. The van der Waals surface area contributed by atoms with Gasteiger partial charge in [0.05, 0.1) is 30.0 Å². The zero-order valence-electron chi connectivity index (χ0n) is 16.0. The molecule has 0 saturated carbocycles. The average molecular weight is 400 g/mol. The molecule has 6 heteroatoms. The smallest absolute Gasteiger partial charge is 0.374 e. The highest BCUT2D eigenvalue weighted by Crippen LogP contribution is 2.35. The quantitative estimate of drug-likeness (QED) is 0.648. The van der Waals surface area contributed by atoms with Crippen LogP contribution < -0.4 is 5.32 Å². The van der Waals surface area contributed by atoms with Crippen molar-refractivity contribution >= 4 is 10.9 Å². The van der Waals surface area contributed by atoms with Gasteiger partial charge in [-0.2, -0.15) is 13.2 Å². The molecule has 1 N–H and O–H groups in total. The first kappa shape index (κ1) is 19.9. The van der Waals surface area contributed by atoms with Crippen molar-refractivity contribution in [1.82, 2.24) is 10.3 Å². The van der Waals surface area contributed by atoms with Gasteiger partial charge in [0, 0.05) is 10.8 Å². The van der Waals surface area contributed by atoms with Crippen LogP contribution in [0.5, 0.6) is 0 Å². The highest BCUT2D eigenvalue weighted by atomic mass is 19.4. The number of alkyl halides is 3. The van der Waals surface area contributed by atoms with E-state index in [9.17, 15) is 13.2 Å². The fourth-order valence-electron chi connectivity index (χ4n) is 4.09. The largest absolute Gasteiger partial charge is 0.417 e. The van der Waals surface area contributed by atoms with Gasteiger partial charge < -0.3 is 10.1 Å². The Kier molecular flexibility index (Phi) is 5.56. The lowest BCUT2D eigenvalue weighted by molar-refractivity contribution is -0.136. The molecule has 0 unspecified atom stereocenters. The van der Waals surface area contributed by atoms with Gasteiger partial charge >= 0.3 is 6.18 Å². The summed E-state index contributed by atoms with van der Waals surface area (Å²) in [5, 5.41) is 3.51. The Bertz CT molecular complexity index is 967. The molecule has 1 saturated heterocycles. The third kappa shape index (κ3) is 4.28. The maximum Gasteiger partial charge on any atom is 0.417 e. The first-order valence-corrected chi connectivity index (χ1v) is 9.78. The minimum atomic E-state index is -4.39. The Hall–Kier alpha value is -2.44. The maximum absolute atomic E-state index is 13.2. The van der Waals surface area contributed by atoms with Gasteiger partial charge in [0.1, 0.15) is 0 Å². The van der Waals surface area contributed by atoms with Crippen LogP contribution >= 0.6 is 0 Å². The molecule has 2 aromatic carbocycles. The summed E-state index contributed by atoms with van der Waals surface area (Å²) in [7, 11) is 0. The number of benzene rings is 2. The lowest BCUT2D eigenvalue weighted by Crippen LogP contribution is -2.43. The van der Waals surface area contributed by atoms with Crippen LogP contribution in [-0.2, 0) is 22.9 Å². The van der Waals surface area contributed by atoms with Gasteiger partial charge in [-0.05, 0) is 49.7 Å². The van der Waals surface area contributed by atoms with E-state index in [0.717, 1.165) is 32.0 Å². The molecule has 0 spiro atoms. The lowest BCUT2D eigenvalue weighted by Gasteiger charge is -2.38. The van der Waals surface area contributed by atoms with Crippen molar-refractivity contribution in [3.63, 3.8) is 0 Å². The fourth-order valence-corrected chi connectivity index (χ4v) is 4.09. The Labute approximate surface area is 167 Å². The molecule has 29 heavy (non-hydrogen) atoms. The minimum absolute atomic E-state index is 0.0488. The van der Waals surface area contributed by atoms with Crippen LogP contribution in [0.2, 0.25) is 0 Å². The van der Waals surface area contributed by atoms with E-state index in [-0.39, 0.29) is 17.4 Å². The van der Waals surface area contributed by atoms with Crippen LogP contribution in [0.4, 0.5) is 13.2 Å². The van der Waals surface area contributed by atoms with Gasteiger partial charge in [-0.25, -0.2) is 0 Å². The first-order chi connectivity index (χ1) is 14.0. The van der Waals surface area contributed by atoms with Gasteiger partial charge in [0.15, 0.2) is 0 Å². The van der Waals surface area contributed by atoms with E-state index >= 15 is 0 Å². The molecular weight excluding hydrogens is 377 g/mol. The topological polar surface area (TPSA) is 34.1 Å². The zero-order valence-corrected chi connectivity index (χ0v) is 16.0. The number of hydrogen-bond donors (Lipinski definition) is 1. The number of piperidine rings is 1. The van der Waals surface area contributed by atoms with Crippen molar-refractivity contribution in [3.05, 3.63) is 77.5 Å². The van der Waals surface area contributed by atoms with Crippen LogP contribution in [0.15, 0.2) is 60.7 Å². The number of pyridine rings is 1. The standard InChI is InChI=1S/C23H23F3N2O/c24-23(25,26)20-7-4-8-21-19(20)10-9-18(28-21)15-29-16-22(11-13-27-14-12-22)17-5-2-1-3-6-17/h1-10,27H,11-16H2. The molecule has 2 heterocycles. The van der Waals surface area contributed by atoms with Crippen LogP contribution in [0, 0.1) is 0 Å². The minimum Gasteiger partial charge on any atom is -0.374 e. The van der Waals surface area contributed by atoms with E-state index in [1.165, 1.54) is 17.7 Å². The number of halogens is 3. The fraction of sp³-hybridized carbons (Fsp3) is 0.348. The molecular formula is C23H23F3N2O. The second-order valence-corrected chi connectivity index (χ2v) is 7.56. The average Bonchev–Trinajstić information content (AvgIpc) is 2.74. The van der Waals surface area contributed by atoms with E-state index < -0.39 is 11.7 Å². The summed E-state index contributed by atoms with van der Waals surface area (Å²) in [6, 6.07) is 17.6. The first-order valence-electron chi connectivity index (χ1n) is 9.78. The van der Waals surface area contributed by atoms with Crippen molar-refractivity contribution in [3.8, 4) is 0 Å². The predicted molar refractivity (Wildman–Crippen MR) is 107 cm³/mol. The molecule has 1 aromatic heterocycles. The highest BCUT2D eigenvalue weighted by Gasteiger charge is 2.34. The Morgan fingerprint density at radius 2 is 1.69 bits per heavy atom. The van der Waals surface area contributed by atoms with E-state index in [4.69, 9.17) is 4.74 Å². The van der Waals surface area contributed by atoms with Gasteiger partial charge in [0.25, 0.3) is 0 Å². The van der Waals surface area contributed by atoms with Crippen LogP contribution in [0.1, 0.15) is 29.7 Å². The summed E-state index contributed by atoms with van der Waals surface area (Å²) in [6.45, 7) is 2.70. The number of ether oxygens (including phenoxy) is 1. The van der Waals surface area contributed by atoms with Crippen molar-refractivity contribution in [2.24, 2.45) is 0 Å². The molecule has 1 fully saturated rings. The van der Waals surface area contributed by atoms with Crippen molar-refractivity contribution in [2.45, 2.75) is 31.0 Å². The maximum atomic E-state index is 13.2. The molecule has 152 valence electrons. The molecule has 0 atom stereocenters. The normalized spacial score (nSPS) is 16.8. The third-order valence-electron chi connectivity index (χ3n) is 5.67. The molecule has 4 rings (SSSR count). The highest BCUT2D eigenvalue weighted by molar-refractivity contribution is 5.82. The number of fused-ring (bicyclic) bond motifs is 1. The molecule has 1 aliphatic rings. The Morgan fingerprint density at radius 3 is 2.41 bits per heavy atom. The van der Waals surface area contributed by atoms with Gasteiger partial charge in [0.2, 0.25) is 0 Å². The number of nitrogens with one attached hydrogen (secondary N) is 1. The summed E-state index contributed by atoms with van der Waals surface area (Å²) in [5.41, 5.74) is 1.53. The van der Waals surface area contributed by atoms with Crippen LogP contribution in [-0.4, -0.2) is 24.7 Å². The SMILES string of the molecule is FC(F)(F)c1cccc2nc(COCC3(c4ccccc4)CCNCC3)ccc12. The molecule has 0 bridgehead atoms. The second-order valence-electron chi connectivity index (χ2n) is 7.56. The number of hydrogen-bond acceptors (Lipinski definition) is 3. The van der Waals surface area contributed by atoms with Crippen molar-refractivity contribution in [1.29, 1.82) is 0 Å².